The van der Waals surface area contributed by atoms with Crippen LogP contribution in [0.1, 0.15) is 17.6 Å². The molecule has 0 aliphatic carbocycles. The summed E-state index contributed by atoms with van der Waals surface area (Å²) in [7, 11) is 1.25. The largest absolute Gasteiger partial charge is 0.496 e. The summed E-state index contributed by atoms with van der Waals surface area (Å²) in [6.07, 6.45) is -2.77. The molecule has 0 aliphatic heterocycles. The molecule has 0 saturated heterocycles. The van der Waals surface area contributed by atoms with E-state index in [0.717, 1.165) is 12.1 Å². The number of methoxy groups -OCH3 is 1. The Morgan fingerprint density at radius 2 is 2.07 bits per heavy atom. The van der Waals surface area contributed by atoms with Gasteiger partial charge in [-0.25, -0.2) is 13.2 Å². The molecule has 0 spiro atoms. The van der Waals surface area contributed by atoms with Crippen molar-refractivity contribution in [2.75, 3.05) is 7.11 Å². The molecular formula is C9H10F3NO. The average molecular weight is 205 g/mol. The lowest BCUT2D eigenvalue weighted by molar-refractivity contribution is 0.146. The van der Waals surface area contributed by atoms with Crippen molar-refractivity contribution < 1.29 is 17.9 Å². The Kier molecular flexibility index (Phi) is 3.35. The number of hydrogen-bond acceptors (Lipinski definition) is 2. The number of benzene rings is 1. The van der Waals surface area contributed by atoms with E-state index in [1.165, 1.54) is 7.11 Å². The van der Waals surface area contributed by atoms with Crippen LogP contribution in [0, 0.1) is 5.82 Å². The van der Waals surface area contributed by atoms with E-state index in [-0.39, 0.29) is 17.9 Å². The second-order valence-electron chi connectivity index (χ2n) is 2.69. The third-order valence-corrected chi connectivity index (χ3v) is 1.82. The molecule has 2 N–H and O–H groups in total. The van der Waals surface area contributed by atoms with Gasteiger partial charge in [-0.2, -0.15) is 0 Å². The summed E-state index contributed by atoms with van der Waals surface area (Å²) < 4.78 is 42.5. The Labute approximate surface area is 79.5 Å². The van der Waals surface area contributed by atoms with Crippen molar-refractivity contribution in [3.63, 3.8) is 0 Å². The molecule has 14 heavy (non-hydrogen) atoms. The van der Waals surface area contributed by atoms with Crippen LogP contribution in [0.4, 0.5) is 13.2 Å². The van der Waals surface area contributed by atoms with Crippen LogP contribution in [-0.4, -0.2) is 7.11 Å². The number of ether oxygens (including phenoxy) is 1. The summed E-state index contributed by atoms with van der Waals surface area (Å²) in [6, 6.07) is 1.84. The number of halogens is 3. The van der Waals surface area contributed by atoms with E-state index in [0.29, 0.717) is 0 Å². The molecule has 0 fully saturated rings. The first-order chi connectivity index (χ1) is 6.60. The summed E-state index contributed by atoms with van der Waals surface area (Å²) in [6.45, 7) is -0.0410. The quantitative estimate of drug-likeness (QED) is 0.821. The minimum atomic E-state index is -2.77. The van der Waals surface area contributed by atoms with Gasteiger partial charge in [-0.05, 0) is 12.1 Å². The highest BCUT2D eigenvalue weighted by Gasteiger charge is 2.18. The molecule has 0 radical (unpaired) electrons. The molecule has 0 amide bonds. The Bertz CT molecular complexity index is 328. The van der Waals surface area contributed by atoms with Crippen molar-refractivity contribution in [3.05, 3.63) is 29.1 Å². The maximum absolute atomic E-state index is 12.8. The zero-order chi connectivity index (χ0) is 10.7. The second-order valence-corrected chi connectivity index (χ2v) is 2.69. The molecule has 1 rings (SSSR count). The first-order valence-electron chi connectivity index (χ1n) is 3.94. The van der Waals surface area contributed by atoms with Gasteiger partial charge in [0.05, 0.1) is 12.7 Å². The molecule has 0 heterocycles. The van der Waals surface area contributed by atoms with Gasteiger partial charge in [0.15, 0.2) is 0 Å². The molecule has 0 aromatic heterocycles. The summed E-state index contributed by atoms with van der Waals surface area (Å²) in [5, 5.41) is 0. The van der Waals surface area contributed by atoms with E-state index in [1.807, 2.05) is 0 Å². The van der Waals surface area contributed by atoms with Crippen LogP contribution in [0.25, 0.3) is 0 Å². The van der Waals surface area contributed by atoms with E-state index in [9.17, 15) is 13.2 Å². The highest BCUT2D eigenvalue weighted by molar-refractivity contribution is 5.42. The fourth-order valence-electron chi connectivity index (χ4n) is 1.24. The molecule has 2 nitrogen and oxygen atoms in total. The molecule has 5 heteroatoms. The fraction of sp³-hybridized carbons (Fsp3) is 0.333. The zero-order valence-electron chi connectivity index (χ0n) is 7.56. The normalized spacial score (nSPS) is 10.7. The van der Waals surface area contributed by atoms with E-state index >= 15 is 0 Å². The second kappa shape index (κ2) is 4.32. The average Bonchev–Trinajstić information content (AvgIpc) is 2.16. The van der Waals surface area contributed by atoms with Crippen molar-refractivity contribution in [1.82, 2.24) is 0 Å². The van der Waals surface area contributed by atoms with Crippen LogP contribution in [0.5, 0.6) is 5.75 Å². The van der Waals surface area contributed by atoms with Gasteiger partial charge >= 0.3 is 0 Å². The van der Waals surface area contributed by atoms with Crippen LogP contribution in [0.3, 0.4) is 0 Å². The Morgan fingerprint density at radius 3 is 2.50 bits per heavy atom. The van der Waals surface area contributed by atoms with E-state index in [1.54, 1.807) is 0 Å². The minimum absolute atomic E-state index is 0.0381. The highest BCUT2D eigenvalue weighted by Crippen LogP contribution is 2.32. The van der Waals surface area contributed by atoms with Gasteiger partial charge in [0, 0.05) is 12.1 Å². The van der Waals surface area contributed by atoms with Crippen molar-refractivity contribution in [1.29, 1.82) is 0 Å². The van der Waals surface area contributed by atoms with Crippen LogP contribution in [0.2, 0.25) is 0 Å². The van der Waals surface area contributed by atoms with E-state index in [4.69, 9.17) is 10.5 Å². The van der Waals surface area contributed by atoms with E-state index in [2.05, 4.69) is 0 Å². The van der Waals surface area contributed by atoms with Crippen LogP contribution in [-0.2, 0) is 6.54 Å². The van der Waals surface area contributed by atoms with Crippen LogP contribution < -0.4 is 10.5 Å². The lowest BCUT2D eigenvalue weighted by atomic mass is 10.1. The lowest BCUT2D eigenvalue weighted by Gasteiger charge is -2.12. The number of rotatable bonds is 3. The van der Waals surface area contributed by atoms with Gasteiger partial charge in [-0.3, -0.25) is 0 Å². The minimum Gasteiger partial charge on any atom is -0.496 e. The van der Waals surface area contributed by atoms with Gasteiger partial charge in [-0.1, -0.05) is 0 Å². The van der Waals surface area contributed by atoms with Gasteiger partial charge < -0.3 is 10.5 Å². The third-order valence-electron chi connectivity index (χ3n) is 1.82. The molecule has 78 valence electrons. The van der Waals surface area contributed by atoms with Crippen molar-refractivity contribution in [2.24, 2.45) is 5.73 Å². The van der Waals surface area contributed by atoms with Crippen molar-refractivity contribution in [2.45, 2.75) is 13.0 Å². The lowest BCUT2D eigenvalue weighted by Crippen LogP contribution is -2.04. The highest BCUT2D eigenvalue weighted by atomic mass is 19.3. The summed E-state index contributed by atoms with van der Waals surface area (Å²) in [5.74, 6) is -0.773. The number of hydrogen-bond donors (Lipinski definition) is 1. The number of nitrogens with two attached hydrogens (primary N) is 1. The first kappa shape index (κ1) is 10.8. The van der Waals surface area contributed by atoms with Gasteiger partial charge in [-0.15, -0.1) is 0 Å². The monoisotopic (exact) mass is 205 g/mol. The SMILES string of the molecule is COc1c(CN)cc(F)cc1C(F)F. The third kappa shape index (κ3) is 1.98. The molecule has 1 aromatic carbocycles. The van der Waals surface area contributed by atoms with Crippen molar-refractivity contribution in [3.8, 4) is 5.75 Å². The van der Waals surface area contributed by atoms with Crippen LogP contribution in [0.15, 0.2) is 12.1 Å². The maximum Gasteiger partial charge on any atom is 0.267 e. The summed E-state index contributed by atoms with van der Waals surface area (Å²) in [4.78, 5) is 0. The van der Waals surface area contributed by atoms with Crippen molar-refractivity contribution >= 4 is 0 Å². The molecule has 0 unspecified atom stereocenters. The molecular weight excluding hydrogens is 195 g/mol. The predicted octanol–water partition coefficient (Wildman–Crippen LogP) is 2.23. The Hall–Kier alpha value is -1.23. The summed E-state index contributed by atoms with van der Waals surface area (Å²) >= 11 is 0. The zero-order valence-corrected chi connectivity index (χ0v) is 7.56. The molecule has 0 atom stereocenters. The molecule has 0 aliphatic rings. The smallest absolute Gasteiger partial charge is 0.267 e. The van der Waals surface area contributed by atoms with Gasteiger partial charge in [0.25, 0.3) is 6.43 Å². The number of alkyl halides is 2. The molecule has 1 aromatic rings. The van der Waals surface area contributed by atoms with Gasteiger partial charge in [0.2, 0.25) is 0 Å². The maximum atomic E-state index is 12.8. The molecule has 0 saturated carbocycles. The van der Waals surface area contributed by atoms with Crippen LogP contribution >= 0.6 is 0 Å². The summed E-state index contributed by atoms with van der Waals surface area (Å²) in [5.41, 5.74) is 5.05. The van der Waals surface area contributed by atoms with E-state index < -0.39 is 17.8 Å². The first-order valence-corrected chi connectivity index (χ1v) is 3.94. The molecule has 0 bridgehead atoms. The fourth-order valence-corrected chi connectivity index (χ4v) is 1.24. The van der Waals surface area contributed by atoms with Gasteiger partial charge in [0.1, 0.15) is 11.6 Å². The predicted molar refractivity (Wildman–Crippen MR) is 45.8 cm³/mol. The Balaban J connectivity index is 3.31. The Morgan fingerprint density at radius 1 is 1.43 bits per heavy atom. The standard InChI is InChI=1S/C9H10F3NO/c1-14-8-5(4-13)2-6(10)3-7(8)9(11)12/h2-3,9H,4,13H2,1H3. The topological polar surface area (TPSA) is 35.2 Å².